The summed E-state index contributed by atoms with van der Waals surface area (Å²) in [5, 5.41) is 0. The zero-order valence-corrected chi connectivity index (χ0v) is 4.44. The van der Waals surface area contributed by atoms with Gasteiger partial charge in [0.2, 0.25) is 6.56 Å². The molecule has 1 aliphatic rings. The van der Waals surface area contributed by atoms with Gasteiger partial charge in [0.05, 0.1) is 0 Å². The fraction of sp³-hybridized carbons (Fsp3) is 1.00. The summed E-state index contributed by atoms with van der Waals surface area (Å²) in [6.45, 7) is 2.24. The molecule has 0 amide bonds. The first-order chi connectivity index (χ1) is 2.50. The van der Waals surface area contributed by atoms with Crippen LogP contribution in [0.1, 0.15) is 0 Å². The molecule has 0 spiro atoms. The SMILES string of the molecule is [B]1CCSS1. The first-order valence-electron chi connectivity index (χ1n) is 1.60. The minimum Gasteiger partial charge on any atom is -0.154 e. The van der Waals surface area contributed by atoms with E-state index in [1.807, 2.05) is 21.4 Å². The fourth-order valence-electron chi connectivity index (χ4n) is 0.241. The van der Waals surface area contributed by atoms with Crippen LogP contribution in [0.3, 0.4) is 0 Å². The maximum absolute atomic E-state index is 2.24. The average Bonchev–Trinajstić information content (AvgIpc) is 1.76. The molecule has 5 heavy (non-hydrogen) atoms. The van der Waals surface area contributed by atoms with Gasteiger partial charge in [-0.2, -0.15) is 10.6 Å². The summed E-state index contributed by atoms with van der Waals surface area (Å²) in [4.78, 5) is 0. The molecule has 0 N–H and O–H groups in total. The minimum atomic E-state index is 1.30. The van der Waals surface area contributed by atoms with Gasteiger partial charge in [0, 0.05) is 0 Å². The largest absolute Gasteiger partial charge is 0.208 e. The first kappa shape index (κ1) is 3.94. The second-order valence-corrected chi connectivity index (χ2v) is 3.33. The molecule has 0 saturated carbocycles. The van der Waals surface area contributed by atoms with Gasteiger partial charge in [-0.05, 0) is 5.75 Å². The van der Waals surface area contributed by atoms with E-state index in [1.54, 1.807) is 0 Å². The van der Waals surface area contributed by atoms with Crippen molar-refractivity contribution in [3.8, 4) is 0 Å². The molecule has 1 fully saturated rings. The molecule has 1 heterocycles. The summed E-state index contributed by atoms with van der Waals surface area (Å²) >= 11 is 0. The monoisotopic (exact) mass is 103 g/mol. The Morgan fingerprint density at radius 1 is 1.60 bits per heavy atom. The summed E-state index contributed by atoms with van der Waals surface area (Å²) in [5.74, 6) is 1.32. The van der Waals surface area contributed by atoms with Crippen LogP contribution >= 0.6 is 21.4 Å². The molecule has 1 saturated heterocycles. The van der Waals surface area contributed by atoms with Crippen LogP contribution in [-0.2, 0) is 0 Å². The topological polar surface area (TPSA) is 0 Å². The Morgan fingerprint density at radius 3 is 2.80 bits per heavy atom. The normalized spacial score (nSPS) is 22.4. The van der Waals surface area contributed by atoms with E-state index in [0.29, 0.717) is 0 Å². The Kier molecular flexibility index (Phi) is 1.60. The molecular formula is C2H4BS2. The van der Waals surface area contributed by atoms with Crippen LogP contribution in [0, 0.1) is 0 Å². The predicted octanol–water partition coefficient (Wildman–Crippen LogP) is 1.42. The van der Waals surface area contributed by atoms with Gasteiger partial charge in [0.25, 0.3) is 0 Å². The molecule has 0 bridgehead atoms. The molecule has 0 nitrogen and oxygen atoms in total. The van der Waals surface area contributed by atoms with Crippen LogP contribution < -0.4 is 0 Å². The number of rotatable bonds is 0. The zero-order chi connectivity index (χ0) is 3.54. The third-order valence-electron chi connectivity index (χ3n) is 0.455. The minimum absolute atomic E-state index is 1.30. The maximum Gasteiger partial charge on any atom is 0.208 e. The predicted molar refractivity (Wildman–Crippen MR) is 30.6 cm³/mol. The molecule has 3 heteroatoms. The van der Waals surface area contributed by atoms with Gasteiger partial charge in [0.15, 0.2) is 0 Å². The molecule has 1 radical (unpaired) electrons. The van der Waals surface area contributed by atoms with Gasteiger partial charge in [-0.3, -0.25) is 0 Å². The molecule has 0 aliphatic carbocycles. The van der Waals surface area contributed by atoms with E-state index in [4.69, 9.17) is 0 Å². The molecule has 0 unspecified atom stereocenters. The molecule has 1 aliphatic heterocycles. The summed E-state index contributed by atoms with van der Waals surface area (Å²) in [7, 11) is 3.80. The second kappa shape index (κ2) is 2.03. The molecule has 1 rings (SSSR count). The summed E-state index contributed by atoms with van der Waals surface area (Å²) in [6, 6.07) is 0. The van der Waals surface area contributed by atoms with Gasteiger partial charge < -0.3 is 0 Å². The van der Waals surface area contributed by atoms with Crippen molar-refractivity contribution in [2.75, 3.05) is 5.75 Å². The van der Waals surface area contributed by atoms with Crippen molar-refractivity contribution in [3.05, 3.63) is 0 Å². The van der Waals surface area contributed by atoms with Crippen molar-refractivity contribution in [1.29, 1.82) is 0 Å². The van der Waals surface area contributed by atoms with E-state index in [9.17, 15) is 0 Å². The molecule has 0 aromatic heterocycles. The van der Waals surface area contributed by atoms with E-state index >= 15 is 0 Å². The van der Waals surface area contributed by atoms with Crippen molar-refractivity contribution in [1.82, 2.24) is 0 Å². The molecule has 0 aromatic rings. The Morgan fingerprint density at radius 2 is 2.60 bits per heavy atom. The van der Waals surface area contributed by atoms with Gasteiger partial charge >= 0.3 is 0 Å². The van der Waals surface area contributed by atoms with E-state index in [0.717, 1.165) is 0 Å². The zero-order valence-electron chi connectivity index (χ0n) is 2.81. The Hall–Kier alpha value is 0.765. The summed E-state index contributed by atoms with van der Waals surface area (Å²) in [5.41, 5.74) is 0. The van der Waals surface area contributed by atoms with Crippen LogP contribution in [0.2, 0.25) is 6.32 Å². The lowest BCUT2D eigenvalue weighted by molar-refractivity contribution is 1.52. The molecule has 0 aromatic carbocycles. The van der Waals surface area contributed by atoms with E-state index in [1.165, 1.54) is 12.1 Å². The van der Waals surface area contributed by atoms with Crippen LogP contribution in [0.15, 0.2) is 0 Å². The van der Waals surface area contributed by atoms with Crippen LogP contribution in [0.25, 0.3) is 0 Å². The number of hydrogen-bond donors (Lipinski definition) is 0. The van der Waals surface area contributed by atoms with Gasteiger partial charge in [-0.15, -0.1) is 10.8 Å². The van der Waals surface area contributed by atoms with Gasteiger partial charge in [-0.1, -0.05) is 6.32 Å². The van der Waals surface area contributed by atoms with Crippen molar-refractivity contribution < 1.29 is 0 Å². The summed E-state index contributed by atoms with van der Waals surface area (Å²) < 4.78 is 0. The quantitative estimate of drug-likeness (QED) is 0.336. The standard InChI is InChI=1S/C2H4BS2/c1-2-4-5-3-1/h1-2H2. The Bertz CT molecular complexity index is 19.2. The van der Waals surface area contributed by atoms with E-state index in [2.05, 4.69) is 6.56 Å². The van der Waals surface area contributed by atoms with Crippen molar-refractivity contribution in [2.45, 2.75) is 6.32 Å². The third-order valence-corrected chi connectivity index (χ3v) is 2.68. The van der Waals surface area contributed by atoms with Crippen molar-refractivity contribution >= 4 is 28.0 Å². The second-order valence-electron chi connectivity index (χ2n) is 0.874. The van der Waals surface area contributed by atoms with Gasteiger partial charge in [-0.25, -0.2) is 0 Å². The fourth-order valence-corrected chi connectivity index (χ4v) is 2.17. The lowest BCUT2D eigenvalue weighted by Crippen LogP contribution is -1.67. The van der Waals surface area contributed by atoms with Crippen LogP contribution in [0.4, 0.5) is 0 Å². The van der Waals surface area contributed by atoms with E-state index < -0.39 is 0 Å². The smallest absolute Gasteiger partial charge is 0.154 e. The third kappa shape index (κ3) is 1.10. The van der Waals surface area contributed by atoms with E-state index in [-0.39, 0.29) is 0 Å². The molecule has 0 atom stereocenters. The maximum atomic E-state index is 2.24. The van der Waals surface area contributed by atoms with Crippen LogP contribution in [-0.4, -0.2) is 12.3 Å². The Labute approximate surface area is 40.6 Å². The highest BCUT2D eigenvalue weighted by Gasteiger charge is 1.99. The first-order valence-corrected chi connectivity index (χ1v) is 3.98. The highest BCUT2D eigenvalue weighted by Crippen LogP contribution is 2.28. The van der Waals surface area contributed by atoms with Gasteiger partial charge in [0.1, 0.15) is 0 Å². The highest BCUT2D eigenvalue weighted by molar-refractivity contribution is 8.86. The Balaban J connectivity index is 2.08. The van der Waals surface area contributed by atoms with Crippen molar-refractivity contribution in [3.63, 3.8) is 0 Å². The highest BCUT2D eigenvalue weighted by atomic mass is 33.1. The average molecular weight is 103 g/mol. The lowest BCUT2D eigenvalue weighted by atomic mass is 10.1. The molecular weight excluding hydrogens is 99.0 g/mol. The van der Waals surface area contributed by atoms with Crippen LogP contribution in [0.5, 0.6) is 0 Å². The molecule has 27 valence electrons. The summed E-state index contributed by atoms with van der Waals surface area (Å²) in [6.07, 6.45) is 1.30. The number of hydrogen-bond acceptors (Lipinski definition) is 2. The lowest BCUT2D eigenvalue weighted by Gasteiger charge is -1.70. The van der Waals surface area contributed by atoms with Crippen molar-refractivity contribution in [2.24, 2.45) is 0 Å².